The molecule has 0 aliphatic rings. The van der Waals surface area contributed by atoms with Crippen LogP contribution in [-0.4, -0.2) is 69.8 Å². The summed E-state index contributed by atoms with van der Waals surface area (Å²) in [6.45, 7) is -0.0968. The fraction of sp³-hybridized carbons (Fsp3) is 0.414. The number of methoxy groups -OCH3 is 3. The lowest BCUT2D eigenvalue weighted by Crippen LogP contribution is -2.58. The van der Waals surface area contributed by atoms with E-state index in [2.05, 4.69) is 20.1 Å². The van der Waals surface area contributed by atoms with E-state index in [0.717, 1.165) is 31.9 Å². The van der Waals surface area contributed by atoms with Crippen molar-refractivity contribution in [3.05, 3.63) is 71.8 Å². The van der Waals surface area contributed by atoms with Gasteiger partial charge in [-0.15, -0.1) is 0 Å². The molecule has 11 nitrogen and oxygen atoms in total. The maximum Gasteiger partial charge on any atom is 0.430 e. The Labute approximate surface area is 246 Å². The number of Topliss-reactive ketones (excluding diaryl/α,β-unsaturated/α-hetero) is 1. The summed E-state index contributed by atoms with van der Waals surface area (Å²) in [7, 11) is 2.65. The fourth-order valence-corrected chi connectivity index (χ4v) is 4.16. The lowest BCUT2D eigenvalue weighted by atomic mass is 9.90. The highest BCUT2D eigenvalue weighted by atomic mass is 19.4. The number of carbonyl (C=O) groups excluding carboxylic acids is 5. The van der Waals surface area contributed by atoms with E-state index in [4.69, 9.17) is 9.47 Å². The number of ether oxygens (including phenoxy) is 4. The van der Waals surface area contributed by atoms with E-state index >= 15 is 0 Å². The molecule has 2 aromatic rings. The first-order valence-corrected chi connectivity index (χ1v) is 13.0. The normalized spacial score (nSPS) is 13.3. The summed E-state index contributed by atoms with van der Waals surface area (Å²) in [5.74, 6) is -6.61. The van der Waals surface area contributed by atoms with Gasteiger partial charge < -0.3 is 29.6 Å². The minimum absolute atomic E-state index is 0.0116. The standard InChI is InChI=1S/C29H33F3N2O9/c1-40-24(36)21(25(37)41-2)17-23(35)22(15-10-16-33-27(39)43-18-19-11-6-4-7-12-19)34-26(38)28(42-3,29(30,31)32)20-13-8-5-9-14-20/h4-9,11-14,21-22H,10,15-18H2,1-3H3,(H,33,39)(H,34,38)/t22-,28-/m1/s1. The van der Waals surface area contributed by atoms with Crippen LogP contribution in [0.2, 0.25) is 0 Å². The van der Waals surface area contributed by atoms with Crippen LogP contribution in [0, 0.1) is 5.92 Å². The largest absolute Gasteiger partial charge is 0.468 e. The van der Waals surface area contributed by atoms with E-state index in [0.29, 0.717) is 7.11 Å². The molecule has 2 atom stereocenters. The molecule has 0 spiro atoms. The second kappa shape index (κ2) is 16.2. The second-order valence-corrected chi connectivity index (χ2v) is 9.18. The molecule has 2 amide bonds. The van der Waals surface area contributed by atoms with Crippen LogP contribution in [0.15, 0.2) is 60.7 Å². The minimum Gasteiger partial charge on any atom is -0.468 e. The van der Waals surface area contributed by atoms with E-state index in [1.165, 1.54) is 18.2 Å². The molecule has 0 fully saturated rings. The number of rotatable bonds is 15. The molecule has 0 saturated heterocycles. The highest BCUT2D eigenvalue weighted by molar-refractivity contribution is 6.01. The van der Waals surface area contributed by atoms with Gasteiger partial charge in [0.15, 0.2) is 11.7 Å². The zero-order chi connectivity index (χ0) is 32.0. The van der Waals surface area contributed by atoms with Gasteiger partial charge in [0.1, 0.15) is 6.61 Å². The average molecular weight is 611 g/mol. The SMILES string of the molecule is COC(=O)C(CC(=O)[C@@H](CCCNC(=O)OCc1ccccc1)NC(=O)[C@](OC)(c1ccccc1)C(F)(F)F)C(=O)OC. The Morgan fingerprint density at radius 3 is 1.91 bits per heavy atom. The van der Waals surface area contributed by atoms with Crippen molar-refractivity contribution < 1.29 is 56.1 Å². The van der Waals surface area contributed by atoms with Crippen LogP contribution in [0.3, 0.4) is 0 Å². The topological polar surface area (TPSA) is 146 Å². The van der Waals surface area contributed by atoms with Crippen molar-refractivity contribution in [3.63, 3.8) is 0 Å². The van der Waals surface area contributed by atoms with Crippen molar-refractivity contribution in [2.45, 2.75) is 43.7 Å². The zero-order valence-electron chi connectivity index (χ0n) is 23.8. The second-order valence-electron chi connectivity index (χ2n) is 9.18. The first kappa shape index (κ1) is 34.7. The predicted molar refractivity (Wildman–Crippen MR) is 144 cm³/mol. The number of hydrogen-bond donors (Lipinski definition) is 2. The number of carbonyl (C=O) groups is 5. The molecule has 2 aromatic carbocycles. The summed E-state index contributed by atoms with van der Waals surface area (Å²) in [5.41, 5.74) is -3.30. The lowest BCUT2D eigenvalue weighted by Gasteiger charge is -2.34. The van der Waals surface area contributed by atoms with Gasteiger partial charge in [-0.1, -0.05) is 60.7 Å². The molecule has 2 N–H and O–H groups in total. The van der Waals surface area contributed by atoms with Gasteiger partial charge >= 0.3 is 24.2 Å². The first-order chi connectivity index (χ1) is 20.4. The first-order valence-electron chi connectivity index (χ1n) is 13.0. The maximum atomic E-state index is 14.4. The van der Waals surface area contributed by atoms with E-state index in [-0.39, 0.29) is 26.0 Å². The molecule has 14 heteroatoms. The Balaban J connectivity index is 2.24. The Hall–Kier alpha value is -4.46. The van der Waals surface area contributed by atoms with Crippen LogP contribution in [0.25, 0.3) is 0 Å². The number of alkyl carbamates (subject to hydrolysis) is 1. The number of alkyl halides is 3. The molecule has 0 heterocycles. The summed E-state index contributed by atoms with van der Waals surface area (Å²) in [6, 6.07) is 13.3. The summed E-state index contributed by atoms with van der Waals surface area (Å²) in [5, 5.41) is 4.54. The van der Waals surface area contributed by atoms with E-state index in [1.54, 1.807) is 30.3 Å². The van der Waals surface area contributed by atoms with Crippen molar-refractivity contribution in [2.75, 3.05) is 27.9 Å². The van der Waals surface area contributed by atoms with Gasteiger partial charge in [0.05, 0.1) is 20.3 Å². The van der Waals surface area contributed by atoms with Gasteiger partial charge in [-0.3, -0.25) is 19.2 Å². The van der Waals surface area contributed by atoms with Gasteiger partial charge in [0.2, 0.25) is 0 Å². The number of halogens is 3. The summed E-state index contributed by atoms with van der Waals surface area (Å²) in [4.78, 5) is 62.9. The molecular formula is C29H33F3N2O9. The highest BCUT2D eigenvalue weighted by Crippen LogP contribution is 2.42. The maximum absolute atomic E-state index is 14.4. The molecule has 234 valence electrons. The van der Waals surface area contributed by atoms with Crippen molar-refractivity contribution in [1.29, 1.82) is 0 Å². The Bertz CT molecular complexity index is 1230. The third-order valence-electron chi connectivity index (χ3n) is 6.43. The quantitative estimate of drug-likeness (QED) is 0.134. The number of nitrogens with one attached hydrogen (secondary N) is 2. The van der Waals surface area contributed by atoms with Gasteiger partial charge in [0, 0.05) is 25.6 Å². The number of ketones is 1. The molecule has 0 saturated carbocycles. The molecule has 2 rings (SSSR count). The predicted octanol–water partition coefficient (Wildman–Crippen LogP) is 3.20. The van der Waals surface area contributed by atoms with E-state index < -0.39 is 65.4 Å². The molecule has 0 aliphatic carbocycles. The molecule has 0 aromatic heterocycles. The third kappa shape index (κ3) is 9.26. The van der Waals surface area contributed by atoms with Crippen molar-refractivity contribution in [1.82, 2.24) is 10.6 Å². The Morgan fingerprint density at radius 2 is 1.40 bits per heavy atom. The van der Waals surface area contributed by atoms with Crippen LogP contribution in [0.4, 0.5) is 18.0 Å². The van der Waals surface area contributed by atoms with Crippen LogP contribution in [0.5, 0.6) is 0 Å². The van der Waals surface area contributed by atoms with E-state index in [9.17, 15) is 37.1 Å². The van der Waals surface area contributed by atoms with Crippen LogP contribution >= 0.6 is 0 Å². The van der Waals surface area contributed by atoms with Crippen molar-refractivity contribution >= 4 is 29.7 Å². The Kier molecular flexibility index (Phi) is 13.1. The van der Waals surface area contributed by atoms with Crippen LogP contribution < -0.4 is 10.6 Å². The molecule has 0 radical (unpaired) electrons. The Morgan fingerprint density at radius 1 is 0.837 bits per heavy atom. The summed E-state index contributed by atoms with van der Waals surface area (Å²) in [6.07, 6.45) is -7.19. The number of hydrogen-bond acceptors (Lipinski definition) is 9. The molecule has 0 bridgehead atoms. The van der Waals surface area contributed by atoms with Crippen LogP contribution in [-0.2, 0) is 50.3 Å². The van der Waals surface area contributed by atoms with Gasteiger partial charge in [0.25, 0.3) is 11.5 Å². The fourth-order valence-electron chi connectivity index (χ4n) is 4.16. The molecular weight excluding hydrogens is 577 g/mol. The summed E-state index contributed by atoms with van der Waals surface area (Å²) < 4.78 is 62.2. The number of benzene rings is 2. The smallest absolute Gasteiger partial charge is 0.430 e. The lowest BCUT2D eigenvalue weighted by molar-refractivity contribution is -0.266. The molecule has 43 heavy (non-hydrogen) atoms. The van der Waals surface area contributed by atoms with Crippen molar-refractivity contribution in [3.8, 4) is 0 Å². The number of amides is 2. The zero-order valence-corrected chi connectivity index (χ0v) is 23.8. The van der Waals surface area contributed by atoms with Crippen LogP contribution in [0.1, 0.15) is 30.4 Å². The average Bonchev–Trinajstić information content (AvgIpc) is 3.00. The monoisotopic (exact) mass is 610 g/mol. The number of esters is 2. The molecule has 0 unspecified atom stereocenters. The van der Waals surface area contributed by atoms with Gasteiger partial charge in [-0.25, -0.2) is 4.79 Å². The van der Waals surface area contributed by atoms with Crippen molar-refractivity contribution in [2.24, 2.45) is 5.92 Å². The van der Waals surface area contributed by atoms with Gasteiger partial charge in [-0.05, 0) is 18.4 Å². The molecule has 0 aliphatic heterocycles. The highest BCUT2D eigenvalue weighted by Gasteiger charge is 2.63. The van der Waals surface area contributed by atoms with E-state index in [1.807, 2.05) is 0 Å². The minimum atomic E-state index is -5.26. The summed E-state index contributed by atoms with van der Waals surface area (Å²) >= 11 is 0. The third-order valence-corrected chi connectivity index (χ3v) is 6.43. The van der Waals surface area contributed by atoms with Gasteiger partial charge in [-0.2, -0.15) is 13.2 Å².